The van der Waals surface area contributed by atoms with Gasteiger partial charge in [0.2, 0.25) is 12.3 Å². The van der Waals surface area contributed by atoms with Gasteiger partial charge in [0.15, 0.2) is 0 Å². The lowest BCUT2D eigenvalue weighted by Crippen LogP contribution is -2.43. The number of unbranched alkanes of at least 4 members (excludes halogenated alkanes) is 3. The van der Waals surface area contributed by atoms with Gasteiger partial charge in [0.25, 0.3) is 0 Å². The molecule has 5 nitrogen and oxygen atoms in total. The maximum atomic E-state index is 12.2. The predicted octanol–water partition coefficient (Wildman–Crippen LogP) is 5.03. The van der Waals surface area contributed by atoms with E-state index in [1.807, 2.05) is 13.8 Å². The van der Waals surface area contributed by atoms with Gasteiger partial charge in [-0.15, -0.1) is 0 Å². The summed E-state index contributed by atoms with van der Waals surface area (Å²) in [5.41, 5.74) is 1.17. The molecule has 1 unspecified atom stereocenters. The third kappa shape index (κ3) is 12.3. The van der Waals surface area contributed by atoms with E-state index in [2.05, 4.69) is 35.4 Å². The third-order valence-corrected chi connectivity index (χ3v) is 5.52. The van der Waals surface area contributed by atoms with Gasteiger partial charge in [0.1, 0.15) is 6.04 Å². The molecule has 0 bridgehead atoms. The molecule has 0 radical (unpaired) electrons. The predicted molar refractivity (Wildman–Crippen MR) is 122 cm³/mol. The standard InChI is InChI=1S/C16H28N2O.C4H9NOS.C2H6/c1-3-4-5-6-8-13(2)18-12-7-9-15(18)16(19)17-14-10-11-14;1-2-3-7-5-4-6;1-2/h14-15H,2-12H2,1H3,(H,17,19);4H,2-3H2,1H3,(H,5,6);1-2H3. The Labute approximate surface area is 177 Å². The summed E-state index contributed by atoms with van der Waals surface area (Å²) in [5, 5.41) is 3.14. The second-order valence-corrected chi connectivity index (χ2v) is 8.03. The zero-order valence-corrected chi connectivity index (χ0v) is 19.4. The Hall–Kier alpha value is -1.17. The molecule has 1 atom stereocenters. The van der Waals surface area contributed by atoms with Gasteiger partial charge in [-0.25, -0.2) is 0 Å². The van der Waals surface area contributed by atoms with E-state index in [4.69, 9.17) is 0 Å². The van der Waals surface area contributed by atoms with Gasteiger partial charge in [-0.3, -0.25) is 9.59 Å². The fourth-order valence-electron chi connectivity index (χ4n) is 3.04. The molecular weight excluding hydrogens is 370 g/mol. The van der Waals surface area contributed by atoms with Crippen LogP contribution in [-0.2, 0) is 9.59 Å². The van der Waals surface area contributed by atoms with Crippen LogP contribution in [0.1, 0.15) is 91.9 Å². The summed E-state index contributed by atoms with van der Waals surface area (Å²) in [4.78, 5) is 24.0. The first-order chi connectivity index (χ1) is 13.6. The molecular formula is C22H43N3O2S. The van der Waals surface area contributed by atoms with Crippen molar-refractivity contribution < 1.29 is 9.59 Å². The third-order valence-electron chi connectivity index (χ3n) is 4.64. The van der Waals surface area contributed by atoms with Crippen molar-refractivity contribution in [1.29, 1.82) is 0 Å². The summed E-state index contributed by atoms with van der Waals surface area (Å²) in [7, 11) is 0. The van der Waals surface area contributed by atoms with Crippen LogP contribution in [0.2, 0.25) is 0 Å². The Balaban J connectivity index is 0.000000688. The normalized spacial score (nSPS) is 17.6. The number of amides is 2. The maximum absolute atomic E-state index is 12.2. The second kappa shape index (κ2) is 17.9. The maximum Gasteiger partial charge on any atom is 0.242 e. The summed E-state index contributed by atoms with van der Waals surface area (Å²) >= 11 is 1.44. The molecule has 0 aromatic rings. The molecule has 0 aromatic carbocycles. The van der Waals surface area contributed by atoms with Crippen LogP contribution in [0.5, 0.6) is 0 Å². The van der Waals surface area contributed by atoms with Crippen molar-refractivity contribution in [1.82, 2.24) is 14.9 Å². The van der Waals surface area contributed by atoms with Crippen molar-refractivity contribution in [3.63, 3.8) is 0 Å². The summed E-state index contributed by atoms with van der Waals surface area (Å²) in [6.45, 7) is 13.5. The van der Waals surface area contributed by atoms with Gasteiger partial charge < -0.3 is 14.9 Å². The van der Waals surface area contributed by atoms with Crippen molar-refractivity contribution in [2.75, 3.05) is 12.3 Å². The molecule has 6 heteroatoms. The summed E-state index contributed by atoms with van der Waals surface area (Å²) in [5.74, 6) is 1.23. The molecule has 2 N–H and O–H groups in total. The molecule has 2 rings (SSSR count). The van der Waals surface area contributed by atoms with Crippen molar-refractivity contribution in [3.8, 4) is 0 Å². The van der Waals surface area contributed by atoms with Gasteiger partial charge in [-0.2, -0.15) is 0 Å². The van der Waals surface area contributed by atoms with Gasteiger partial charge in [0, 0.05) is 24.0 Å². The fraction of sp³-hybridized carbons (Fsp3) is 0.818. The van der Waals surface area contributed by atoms with Crippen LogP contribution in [0.3, 0.4) is 0 Å². The van der Waals surface area contributed by atoms with E-state index >= 15 is 0 Å². The highest BCUT2D eigenvalue weighted by Crippen LogP contribution is 2.26. The van der Waals surface area contributed by atoms with Crippen LogP contribution in [0.25, 0.3) is 0 Å². The Kier molecular flexibility index (Phi) is 17.1. The number of likely N-dealkylation sites (tertiary alicyclic amines) is 1. The van der Waals surface area contributed by atoms with Crippen LogP contribution in [-0.4, -0.2) is 41.6 Å². The molecule has 1 heterocycles. The average molecular weight is 414 g/mol. The SMILES string of the molecule is C=C(CCCCCC)N1CCCC1C(=O)NC1CC1.CC.CCCSNC=O. The van der Waals surface area contributed by atoms with Gasteiger partial charge >= 0.3 is 0 Å². The number of allylic oxidation sites excluding steroid dienone is 1. The molecule has 164 valence electrons. The highest BCUT2D eigenvalue weighted by atomic mass is 32.2. The molecule has 2 aliphatic rings. The number of carbonyl (C=O) groups excluding carboxylic acids is 2. The molecule has 28 heavy (non-hydrogen) atoms. The molecule has 2 amide bonds. The molecule has 0 spiro atoms. The molecule has 0 aromatic heterocycles. The van der Waals surface area contributed by atoms with E-state index in [-0.39, 0.29) is 11.9 Å². The van der Waals surface area contributed by atoms with Crippen molar-refractivity contribution in [2.24, 2.45) is 0 Å². The van der Waals surface area contributed by atoms with Crippen LogP contribution in [0.15, 0.2) is 12.3 Å². The summed E-state index contributed by atoms with van der Waals surface area (Å²) < 4.78 is 2.49. The fourth-order valence-corrected chi connectivity index (χ4v) is 3.43. The monoisotopic (exact) mass is 413 g/mol. The first kappa shape index (κ1) is 26.8. The van der Waals surface area contributed by atoms with Crippen molar-refractivity contribution in [2.45, 2.75) is 104 Å². The largest absolute Gasteiger partial charge is 0.363 e. The summed E-state index contributed by atoms with van der Waals surface area (Å²) in [6, 6.07) is 0.520. The lowest BCUT2D eigenvalue weighted by molar-refractivity contribution is -0.125. The number of nitrogens with one attached hydrogen (secondary N) is 2. The quantitative estimate of drug-likeness (QED) is 0.268. The van der Waals surface area contributed by atoms with Gasteiger partial charge in [0.05, 0.1) is 0 Å². The smallest absolute Gasteiger partial charge is 0.242 e. The van der Waals surface area contributed by atoms with Crippen LogP contribution in [0.4, 0.5) is 0 Å². The van der Waals surface area contributed by atoms with Crippen LogP contribution in [0, 0.1) is 0 Å². The molecule has 1 aliphatic carbocycles. The number of hydrogen-bond donors (Lipinski definition) is 2. The Morgan fingerprint density at radius 2 is 1.86 bits per heavy atom. The minimum absolute atomic E-state index is 0.0549. The Morgan fingerprint density at radius 3 is 2.43 bits per heavy atom. The lowest BCUT2D eigenvalue weighted by atomic mass is 10.1. The van der Waals surface area contributed by atoms with Crippen molar-refractivity contribution in [3.05, 3.63) is 12.3 Å². The second-order valence-electron chi connectivity index (χ2n) is 7.10. The first-order valence-corrected chi connectivity index (χ1v) is 12.2. The average Bonchev–Trinajstić information content (AvgIpc) is 3.38. The number of rotatable bonds is 12. The number of hydrogen-bond acceptors (Lipinski definition) is 4. The zero-order chi connectivity index (χ0) is 21.2. The highest BCUT2D eigenvalue weighted by molar-refractivity contribution is 7.97. The topological polar surface area (TPSA) is 61.4 Å². The van der Waals surface area contributed by atoms with Gasteiger partial charge in [-0.1, -0.05) is 65.5 Å². The van der Waals surface area contributed by atoms with E-state index in [1.165, 1.54) is 43.3 Å². The van der Waals surface area contributed by atoms with Crippen LogP contribution < -0.4 is 10.0 Å². The minimum atomic E-state index is 0.0549. The highest BCUT2D eigenvalue weighted by Gasteiger charge is 2.34. The minimum Gasteiger partial charge on any atom is -0.363 e. The zero-order valence-electron chi connectivity index (χ0n) is 18.6. The van der Waals surface area contributed by atoms with E-state index in [1.54, 1.807) is 0 Å². The summed E-state index contributed by atoms with van der Waals surface area (Å²) in [6.07, 6.45) is 12.3. The Bertz CT molecular complexity index is 428. The van der Waals surface area contributed by atoms with E-state index in [0.29, 0.717) is 12.5 Å². The number of carbonyl (C=O) groups is 2. The molecule has 1 saturated carbocycles. The first-order valence-electron chi connectivity index (χ1n) is 11.2. The molecule has 1 saturated heterocycles. The van der Waals surface area contributed by atoms with Gasteiger partial charge in [-0.05, 0) is 44.9 Å². The molecule has 1 aliphatic heterocycles. The van der Waals surface area contributed by atoms with E-state index < -0.39 is 0 Å². The van der Waals surface area contributed by atoms with E-state index in [0.717, 1.165) is 50.8 Å². The van der Waals surface area contributed by atoms with E-state index in [9.17, 15) is 9.59 Å². The lowest BCUT2D eigenvalue weighted by Gasteiger charge is -2.28. The van der Waals surface area contributed by atoms with Crippen LogP contribution >= 0.6 is 11.9 Å². The Morgan fingerprint density at radius 1 is 1.14 bits per heavy atom. The molecule has 2 fully saturated rings. The van der Waals surface area contributed by atoms with Crippen molar-refractivity contribution >= 4 is 24.3 Å². The number of nitrogens with zero attached hydrogens (tertiary/aromatic N) is 1.